The Morgan fingerprint density at radius 1 is 1.43 bits per heavy atom. The second kappa shape index (κ2) is 5.90. The minimum Gasteiger partial charge on any atom is -0.394 e. The summed E-state index contributed by atoms with van der Waals surface area (Å²) in [6.07, 6.45) is 1.88. The summed E-state index contributed by atoms with van der Waals surface area (Å²) in [4.78, 5) is 4.21. The Bertz CT molecular complexity index is 263. The van der Waals surface area contributed by atoms with Crippen LogP contribution in [0.15, 0.2) is 0 Å². The molecule has 0 amide bonds. The number of aryl methyl sites for hydroxylation is 1. The summed E-state index contributed by atoms with van der Waals surface area (Å²) in [6, 6.07) is -0.350. The molecular weight excluding hydrogens is 202 g/mol. The van der Waals surface area contributed by atoms with Crippen LogP contribution >= 0.6 is 11.5 Å². The van der Waals surface area contributed by atoms with Crippen molar-refractivity contribution in [3.05, 3.63) is 5.82 Å². The summed E-state index contributed by atoms with van der Waals surface area (Å²) in [5, 5.41) is 21.2. The standard InChI is InChI=1S/C8H15N3O2S/c1-2-3-7-10-8(14-11-7)9-6(4-12)5-13/h6,12-13H,2-5H2,1H3,(H,9,10,11). The summed E-state index contributed by atoms with van der Waals surface area (Å²) < 4.78 is 4.13. The number of nitrogens with zero attached hydrogens (tertiary/aromatic N) is 2. The topological polar surface area (TPSA) is 78.3 Å². The van der Waals surface area contributed by atoms with Crippen LogP contribution < -0.4 is 5.32 Å². The molecule has 0 unspecified atom stereocenters. The fraction of sp³-hybridized carbons (Fsp3) is 0.750. The molecule has 1 aromatic rings. The maximum atomic E-state index is 8.83. The third-order valence-electron chi connectivity index (χ3n) is 1.71. The van der Waals surface area contributed by atoms with E-state index in [9.17, 15) is 0 Å². The monoisotopic (exact) mass is 217 g/mol. The molecule has 14 heavy (non-hydrogen) atoms. The second-order valence-corrected chi connectivity index (χ2v) is 3.72. The van der Waals surface area contributed by atoms with Gasteiger partial charge in [0.1, 0.15) is 5.82 Å². The summed E-state index contributed by atoms with van der Waals surface area (Å²) in [6.45, 7) is 1.84. The van der Waals surface area contributed by atoms with E-state index >= 15 is 0 Å². The van der Waals surface area contributed by atoms with Crippen molar-refractivity contribution in [3.8, 4) is 0 Å². The molecule has 1 rings (SSSR count). The van der Waals surface area contributed by atoms with E-state index in [4.69, 9.17) is 10.2 Å². The lowest BCUT2D eigenvalue weighted by atomic mass is 10.3. The first-order valence-corrected chi connectivity index (χ1v) is 5.38. The first-order valence-electron chi connectivity index (χ1n) is 4.61. The van der Waals surface area contributed by atoms with Crippen LogP contribution in [0.3, 0.4) is 0 Å². The summed E-state index contributed by atoms with van der Waals surface area (Å²) >= 11 is 1.25. The van der Waals surface area contributed by atoms with Gasteiger partial charge in [0, 0.05) is 18.0 Å². The minimum absolute atomic E-state index is 0.112. The molecule has 6 heteroatoms. The van der Waals surface area contributed by atoms with E-state index in [0.717, 1.165) is 18.7 Å². The van der Waals surface area contributed by atoms with Crippen LogP contribution in [0.25, 0.3) is 0 Å². The third kappa shape index (κ3) is 3.21. The van der Waals surface area contributed by atoms with Crippen molar-refractivity contribution >= 4 is 16.7 Å². The SMILES string of the molecule is CCCc1nsc(NC(CO)CO)n1. The van der Waals surface area contributed by atoms with Crippen molar-refractivity contribution in [1.29, 1.82) is 0 Å². The van der Waals surface area contributed by atoms with E-state index in [1.807, 2.05) is 0 Å². The van der Waals surface area contributed by atoms with Gasteiger partial charge in [-0.25, -0.2) is 4.98 Å². The van der Waals surface area contributed by atoms with Gasteiger partial charge in [-0.3, -0.25) is 0 Å². The average molecular weight is 217 g/mol. The molecule has 0 spiro atoms. The Balaban J connectivity index is 2.49. The van der Waals surface area contributed by atoms with Crippen molar-refractivity contribution in [2.75, 3.05) is 18.5 Å². The van der Waals surface area contributed by atoms with E-state index in [0.29, 0.717) is 5.13 Å². The first-order chi connectivity index (χ1) is 6.80. The van der Waals surface area contributed by atoms with Crippen LogP contribution in [0.2, 0.25) is 0 Å². The van der Waals surface area contributed by atoms with Gasteiger partial charge in [-0.15, -0.1) is 0 Å². The highest BCUT2D eigenvalue weighted by molar-refractivity contribution is 7.09. The molecule has 0 aliphatic heterocycles. The number of aliphatic hydroxyl groups is 2. The van der Waals surface area contributed by atoms with Crippen molar-refractivity contribution in [1.82, 2.24) is 9.36 Å². The molecule has 0 atom stereocenters. The highest BCUT2D eigenvalue weighted by Gasteiger charge is 2.08. The lowest BCUT2D eigenvalue weighted by Crippen LogP contribution is -2.27. The van der Waals surface area contributed by atoms with Gasteiger partial charge in [-0.05, 0) is 6.42 Å². The molecule has 5 nitrogen and oxygen atoms in total. The smallest absolute Gasteiger partial charge is 0.202 e. The van der Waals surface area contributed by atoms with Crippen LogP contribution in [0.1, 0.15) is 19.2 Å². The van der Waals surface area contributed by atoms with E-state index in [2.05, 4.69) is 21.6 Å². The van der Waals surface area contributed by atoms with Gasteiger partial charge in [0.05, 0.1) is 19.3 Å². The predicted octanol–water partition coefficient (Wildman–Crippen LogP) is 0.256. The second-order valence-electron chi connectivity index (χ2n) is 2.97. The normalized spacial score (nSPS) is 10.9. The molecule has 0 aliphatic rings. The quantitative estimate of drug-likeness (QED) is 0.637. The molecule has 0 fully saturated rings. The number of nitrogens with one attached hydrogen (secondary N) is 1. The molecule has 0 saturated heterocycles. The zero-order valence-electron chi connectivity index (χ0n) is 8.10. The number of rotatable bonds is 6. The zero-order chi connectivity index (χ0) is 10.4. The van der Waals surface area contributed by atoms with Crippen LogP contribution in [0.4, 0.5) is 5.13 Å². The molecule has 0 saturated carbocycles. The van der Waals surface area contributed by atoms with E-state index in [1.165, 1.54) is 11.5 Å². The van der Waals surface area contributed by atoms with Crippen molar-refractivity contribution in [2.24, 2.45) is 0 Å². The number of hydrogen-bond acceptors (Lipinski definition) is 6. The largest absolute Gasteiger partial charge is 0.394 e. The Hall–Kier alpha value is -0.720. The number of anilines is 1. The van der Waals surface area contributed by atoms with Gasteiger partial charge < -0.3 is 15.5 Å². The van der Waals surface area contributed by atoms with Crippen LogP contribution in [0.5, 0.6) is 0 Å². The summed E-state index contributed by atoms with van der Waals surface area (Å²) in [5.74, 6) is 0.814. The average Bonchev–Trinajstić information content (AvgIpc) is 2.63. The van der Waals surface area contributed by atoms with Gasteiger partial charge in [-0.1, -0.05) is 6.92 Å². The number of aromatic nitrogens is 2. The Morgan fingerprint density at radius 3 is 2.71 bits per heavy atom. The first kappa shape index (κ1) is 11.4. The molecule has 0 bridgehead atoms. The molecule has 1 heterocycles. The maximum absolute atomic E-state index is 8.83. The van der Waals surface area contributed by atoms with Crippen LogP contribution in [-0.4, -0.2) is 38.8 Å². The summed E-state index contributed by atoms with van der Waals surface area (Å²) in [5.41, 5.74) is 0. The van der Waals surface area contributed by atoms with Gasteiger partial charge in [-0.2, -0.15) is 4.37 Å². The van der Waals surface area contributed by atoms with E-state index < -0.39 is 0 Å². The van der Waals surface area contributed by atoms with Crippen molar-refractivity contribution in [3.63, 3.8) is 0 Å². The van der Waals surface area contributed by atoms with Crippen molar-refractivity contribution < 1.29 is 10.2 Å². The van der Waals surface area contributed by atoms with Gasteiger partial charge >= 0.3 is 0 Å². The van der Waals surface area contributed by atoms with Crippen molar-refractivity contribution in [2.45, 2.75) is 25.8 Å². The van der Waals surface area contributed by atoms with E-state index in [-0.39, 0.29) is 19.3 Å². The third-order valence-corrected chi connectivity index (χ3v) is 2.39. The van der Waals surface area contributed by atoms with Crippen LogP contribution in [0, 0.1) is 0 Å². The highest BCUT2D eigenvalue weighted by Crippen LogP contribution is 2.12. The van der Waals surface area contributed by atoms with E-state index in [1.54, 1.807) is 0 Å². The fourth-order valence-electron chi connectivity index (χ4n) is 0.961. The lowest BCUT2D eigenvalue weighted by molar-refractivity contribution is 0.204. The number of hydrogen-bond donors (Lipinski definition) is 3. The summed E-state index contributed by atoms with van der Waals surface area (Å²) in [7, 11) is 0. The molecule has 0 aliphatic carbocycles. The highest BCUT2D eigenvalue weighted by atomic mass is 32.1. The molecule has 1 aromatic heterocycles. The molecule has 0 radical (unpaired) electrons. The molecular formula is C8H15N3O2S. The van der Waals surface area contributed by atoms with Gasteiger partial charge in [0.2, 0.25) is 5.13 Å². The molecule has 3 N–H and O–H groups in total. The molecule has 80 valence electrons. The Morgan fingerprint density at radius 2 is 2.14 bits per heavy atom. The fourth-order valence-corrected chi connectivity index (χ4v) is 1.65. The lowest BCUT2D eigenvalue weighted by Gasteiger charge is -2.10. The maximum Gasteiger partial charge on any atom is 0.202 e. The zero-order valence-corrected chi connectivity index (χ0v) is 8.92. The minimum atomic E-state index is -0.350. The number of aliphatic hydroxyl groups excluding tert-OH is 2. The Labute approximate surface area is 87.0 Å². The van der Waals surface area contributed by atoms with Gasteiger partial charge in [0.15, 0.2) is 0 Å². The van der Waals surface area contributed by atoms with Gasteiger partial charge in [0.25, 0.3) is 0 Å². The van der Waals surface area contributed by atoms with Crippen LogP contribution in [-0.2, 0) is 6.42 Å². The molecule has 0 aromatic carbocycles. The Kier molecular flexibility index (Phi) is 4.78. The predicted molar refractivity (Wildman–Crippen MR) is 55.5 cm³/mol.